The van der Waals surface area contributed by atoms with Crippen LogP contribution in [0.5, 0.6) is 5.75 Å². The molecule has 2 aliphatic rings. The molecular weight excluding hydrogens is 520 g/mol. The number of hydrogen-bond acceptors (Lipinski definition) is 6. The Morgan fingerprint density at radius 1 is 1.07 bits per heavy atom. The van der Waals surface area contributed by atoms with E-state index in [9.17, 15) is 19.5 Å². The molecule has 3 aromatic carbocycles. The molecule has 41 heavy (non-hydrogen) atoms. The van der Waals surface area contributed by atoms with Crippen LogP contribution in [-0.4, -0.2) is 72.0 Å². The molecule has 0 radical (unpaired) electrons. The van der Waals surface area contributed by atoms with Gasteiger partial charge in [0.15, 0.2) is 6.61 Å². The van der Waals surface area contributed by atoms with Crippen molar-refractivity contribution in [2.24, 2.45) is 5.73 Å². The molecule has 0 aliphatic carbocycles. The van der Waals surface area contributed by atoms with Gasteiger partial charge in [0.2, 0.25) is 11.8 Å². The zero-order chi connectivity index (χ0) is 28.9. The molecule has 0 unspecified atom stereocenters. The third-order valence-corrected chi connectivity index (χ3v) is 7.79. The monoisotopic (exact) mass is 556 g/mol. The highest BCUT2D eigenvalue weighted by Gasteiger charge is 2.30. The number of fused-ring (bicyclic) bond motifs is 1. The second-order valence-electron chi connectivity index (χ2n) is 10.8. The standard InChI is InChI=1S/C32H36N4O5/c1-34(29(20-35-13-12-26(37)19-35)24-8-5-9-27(16-24)41-21-30(33)38)31(39)15-23-10-11-25-17-32(40)36(28(25)14-23)18-22-6-3-2-4-7-22/h2-11,14,16,26,29,37H,12-13,15,17-21H2,1H3,(H2,33,38)/t26-,29+/m0/s1. The third-order valence-electron chi connectivity index (χ3n) is 7.79. The fourth-order valence-corrected chi connectivity index (χ4v) is 5.57. The van der Waals surface area contributed by atoms with Crippen molar-refractivity contribution in [3.8, 4) is 5.75 Å². The number of benzene rings is 3. The van der Waals surface area contributed by atoms with Gasteiger partial charge in [0.05, 0.1) is 31.5 Å². The van der Waals surface area contributed by atoms with E-state index in [1.54, 1.807) is 22.9 Å². The number of primary amides is 1. The molecule has 3 aromatic rings. The van der Waals surface area contributed by atoms with E-state index in [0.717, 1.165) is 34.5 Å². The Balaban J connectivity index is 1.34. The number of nitrogens with zero attached hydrogens (tertiary/aromatic N) is 3. The molecule has 3 N–H and O–H groups in total. The lowest BCUT2D eigenvalue weighted by molar-refractivity contribution is -0.131. The second-order valence-corrected chi connectivity index (χ2v) is 10.8. The molecule has 5 rings (SSSR count). The maximum Gasteiger partial charge on any atom is 0.255 e. The van der Waals surface area contributed by atoms with Gasteiger partial charge < -0.3 is 25.4 Å². The molecule has 3 amide bonds. The SMILES string of the molecule is CN(C(=O)Cc1ccc2c(c1)N(Cc1ccccc1)C(=O)C2)[C@H](CN1CC[C@H](O)C1)c1cccc(OCC(N)=O)c1. The number of anilines is 1. The second kappa shape index (κ2) is 12.5. The molecule has 1 saturated heterocycles. The van der Waals surface area contributed by atoms with Crippen LogP contribution in [0.4, 0.5) is 5.69 Å². The van der Waals surface area contributed by atoms with Crippen molar-refractivity contribution in [1.29, 1.82) is 0 Å². The first-order valence-electron chi connectivity index (χ1n) is 13.9. The number of rotatable bonds is 11. The summed E-state index contributed by atoms with van der Waals surface area (Å²) in [6.45, 7) is 2.09. The van der Waals surface area contributed by atoms with Gasteiger partial charge in [-0.05, 0) is 46.9 Å². The lowest BCUT2D eigenvalue weighted by Crippen LogP contribution is -2.39. The fourth-order valence-electron chi connectivity index (χ4n) is 5.57. The average molecular weight is 557 g/mol. The van der Waals surface area contributed by atoms with Gasteiger partial charge in [-0.15, -0.1) is 0 Å². The molecule has 0 saturated carbocycles. The van der Waals surface area contributed by atoms with Crippen molar-refractivity contribution in [2.75, 3.05) is 38.2 Å². The van der Waals surface area contributed by atoms with Crippen molar-refractivity contribution in [2.45, 2.75) is 38.0 Å². The molecular formula is C32H36N4O5. The van der Waals surface area contributed by atoms with Gasteiger partial charge in [0.1, 0.15) is 5.75 Å². The van der Waals surface area contributed by atoms with Crippen LogP contribution in [0.3, 0.4) is 0 Å². The molecule has 0 spiro atoms. The number of carbonyl (C=O) groups is 3. The number of ether oxygens (including phenoxy) is 1. The first-order valence-corrected chi connectivity index (χ1v) is 13.9. The largest absolute Gasteiger partial charge is 0.484 e. The molecule has 1 fully saturated rings. The Morgan fingerprint density at radius 3 is 2.61 bits per heavy atom. The van der Waals surface area contributed by atoms with Gasteiger partial charge in [-0.1, -0.05) is 54.6 Å². The molecule has 9 heteroatoms. The highest BCUT2D eigenvalue weighted by Crippen LogP contribution is 2.32. The smallest absolute Gasteiger partial charge is 0.255 e. The maximum atomic E-state index is 13.7. The van der Waals surface area contributed by atoms with Gasteiger partial charge in [-0.25, -0.2) is 0 Å². The number of β-amino-alcohol motifs (C(OH)–C–C–N with tert-alkyl or cyclic N) is 1. The molecule has 0 bridgehead atoms. The van der Waals surface area contributed by atoms with Crippen LogP contribution in [0.1, 0.15) is 34.7 Å². The third kappa shape index (κ3) is 6.93. The van der Waals surface area contributed by atoms with Crippen molar-refractivity contribution in [3.63, 3.8) is 0 Å². The Morgan fingerprint density at radius 2 is 1.88 bits per heavy atom. The summed E-state index contributed by atoms with van der Waals surface area (Å²) in [7, 11) is 1.79. The number of likely N-dealkylation sites (tertiary alicyclic amines) is 1. The van der Waals surface area contributed by atoms with Crippen LogP contribution in [-0.2, 0) is 33.8 Å². The molecule has 2 heterocycles. The summed E-state index contributed by atoms with van der Waals surface area (Å²) in [6.07, 6.45) is 0.844. The lowest BCUT2D eigenvalue weighted by atomic mass is 10.0. The summed E-state index contributed by atoms with van der Waals surface area (Å²) in [4.78, 5) is 43.4. The predicted octanol–water partition coefficient (Wildman–Crippen LogP) is 2.45. The van der Waals surface area contributed by atoms with Crippen LogP contribution in [0.15, 0.2) is 72.8 Å². The number of carbonyl (C=O) groups excluding carboxylic acids is 3. The number of hydrogen-bond donors (Lipinski definition) is 2. The Labute approximate surface area is 240 Å². The van der Waals surface area contributed by atoms with E-state index in [-0.39, 0.29) is 37.0 Å². The summed E-state index contributed by atoms with van der Waals surface area (Å²) in [6, 6.07) is 22.7. The van der Waals surface area contributed by atoms with E-state index < -0.39 is 5.91 Å². The van der Waals surface area contributed by atoms with E-state index in [0.29, 0.717) is 38.2 Å². The Hall–Kier alpha value is -4.21. The minimum atomic E-state index is -0.566. The number of amides is 3. The number of nitrogens with two attached hydrogens (primary N) is 1. The van der Waals surface area contributed by atoms with Crippen LogP contribution in [0.25, 0.3) is 0 Å². The summed E-state index contributed by atoms with van der Waals surface area (Å²) < 4.78 is 5.52. The molecule has 9 nitrogen and oxygen atoms in total. The number of likely N-dealkylation sites (N-methyl/N-ethyl adjacent to an activating group) is 1. The van der Waals surface area contributed by atoms with E-state index in [2.05, 4.69) is 4.90 Å². The molecule has 214 valence electrons. The van der Waals surface area contributed by atoms with Gasteiger partial charge in [-0.3, -0.25) is 19.3 Å². The van der Waals surface area contributed by atoms with Crippen LogP contribution in [0.2, 0.25) is 0 Å². The van der Waals surface area contributed by atoms with E-state index in [4.69, 9.17) is 10.5 Å². The van der Waals surface area contributed by atoms with Gasteiger partial charge in [0.25, 0.3) is 5.91 Å². The minimum Gasteiger partial charge on any atom is -0.484 e. The fraction of sp³-hybridized carbons (Fsp3) is 0.344. The van der Waals surface area contributed by atoms with Gasteiger partial charge >= 0.3 is 0 Å². The first kappa shape index (κ1) is 28.3. The molecule has 2 atom stereocenters. The Kier molecular flexibility index (Phi) is 8.66. The summed E-state index contributed by atoms with van der Waals surface area (Å²) in [5.41, 5.74) is 9.81. The summed E-state index contributed by atoms with van der Waals surface area (Å²) >= 11 is 0. The highest BCUT2D eigenvalue weighted by atomic mass is 16.5. The first-order chi connectivity index (χ1) is 19.8. The summed E-state index contributed by atoms with van der Waals surface area (Å²) in [5, 5.41) is 10.1. The van der Waals surface area contributed by atoms with Gasteiger partial charge in [0, 0.05) is 32.4 Å². The quantitative estimate of drug-likeness (QED) is 0.375. The normalized spacial score (nSPS) is 17.4. The number of aliphatic hydroxyl groups excluding tert-OH is 1. The minimum absolute atomic E-state index is 0.0516. The Bertz CT molecular complexity index is 1410. The van der Waals surface area contributed by atoms with Crippen molar-refractivity contribution in [3.05, 3.63) is 95.1 Å². The van der Waals surface area contributed by atoms with Crippen molar-refractivity contribution >= 4 is 23.4 Å². The topological polar surface area (TPSA) is 116 Å². The van der Waals surface area contributed by atoms with Crippen LogP contribution in [0, 0.1) is 0 Å². The van der Waals surface area contributed by atoms with E-state index in [1.807, 2.05) is 66.7 Å². The van der Waals surface area contributed by atoms with Crippen molar-refractivity contribution in [1.82, 2.24) is 9.80 Å². The van der Waals surface area contributed by atoms with Crippen LogP contribution < -0.4 is 15.4 Å². The highest BCUT2D eigenvalue weighted by molar-refractivity contribution is 6.01. The maximum absolute atomic E-state index is 13.7. The molecule has 0 aromatic heterocycles. The summed E-state index contributed by atoms with van der Waals surface area (Å²) in [5.74, 6) is -0.0908. The number of aliphatic hydroxyl groups is 1. The van der Waals surface area contributed by atoms with E-state index in [1.165, 1.54) is 0 Å². The zero-order valence-corrected chi connectivity index (χ0v) is 23.2. The van der Waals surface area contributed by atoms with Crippen LogP contribution >= 0.6 is 0 Å². The average Bonchev–Trinajstić information content (AvgIpc) is 3.52. The van der Waals surface area contributed by atoms with Crippen molar-refractivity contribution < 1.29 is 24.2 Å². The predicted molar refractivity (Wildman–Crippen MR) is 155 cm³/mol. The molecule has 2 aliphatic heterocycles. The lowest BCUT2D eigenvalue weighted by Gasteiger charge is -2.32. The zero-order valence-electron chi connectivity index (χ0n) is 23.2. The van der Waals surface area contributed by atoms with E-state index >= 15 is 0 Å². The van der Waals surface area contributed by atoms with Gasteiger partial charge in [-0.2, -0.15) is 0 Å².